The minimum absolute atomic E-state index is 0. The van der Waals surface area contributed by atoms with Crippen molar-refractivity contribution in [3.05, 3.63) is 0 Å². The topological polar surface area (TPSA) is 58.8 Å². The first-order valence-electron chi connectivity index (χ1n) is 7.48. The number of nitrogens with zero attached hydrogens (tertiary/aromatic N) is 2. The number of nitrogens with two attached hydrogens (primary N) is 1. The molecule has 5 nitrogen and oxygen atoms in total. The predicted octanol–water partition coefficient (Wildman–Crippen LogP) is 1.14. The number of carbonyl (C=O) groups excluding carboxylic acids is 1. The molecule has 126 valence electrons. The monoisotopic (exact) mass is 341 g/mol. The Balaban J connectivity index is 0.00000200. The highest BCUT2D eigenvalue weighted by atomic mass is 35.5. The van der Waals surface area contributed by atoms with Gasteiger partial charge in [0.05, 0.1) is 6.61 Å². The van der Waals surface area contributed by atoms with Crippen molar-refractivity contribution in [1.82, 2.24) is 9.80 Å². The lowest BCUT2D eigenvalue weighted by Crippen LogP contribution is -2.49. The SMILES string of the molecule is CC(N)CCC(=O)N1CCN(CC2CCOC2)CC1.Cl.Cl. The third-order valence-electron chi connectivity index (χ3n) is 4.08. The van der Waals surface area contributed by atoms with Crippen LogP contribution in [0.15, 0.2) is 0 Å². The number of ether oxygens (including phenoxy) is 1. The molecule has 0 bridgehead atoms. The second-order valence-corrected chi connectivity index (χ2v) is 5.93. The van der Waals surface area contributed by atoms with Gasteiger partial charge in [-0.25, -0.2) is 0 Å². The molecular weight excluding hydrogens is 313 g/mol. The van der Waals surface area contributed by atoms with Crippen LogP contribution in [-0.2, 0) is 9.53 Å². The van der Waals surface area contributed by atoms with Gasteiger partial charge in [0.1, 0.15) is 0 Å². The van der Waals surface area contributed by atoms with E-state index in [1.54, 1.807) is 0 Å². The molecule has 2 N–H and O–H groups in total. The van der Waals surface area contributed by atoms with Gasteiger partial charge in [0.2, 0.25) is 5.91 Å². The van der Waals surface area contributed by atoms with Crippen LogP contribution in [0.2, 0.25) is 0 Å². The Morgan fingerprint density at radius 3 is 2.48 bits per heavy atom. The van der Waals surface area contributed by atoms with E-state index in [9.17, 15) is 4.79 Å². The van der Waals surface area contributed by atoms with E-state index in [1.807, 2.05) is 11.8 Å². The van der Waals surface area contributed by atoms with Gasteiger partial charge in [-0.2, -0.15) is 0 Å². The Kier molecular flexibility index (Phi) is 10.6. The molecule has 0 spiro atoms. The van der Waals surface area contributed by atoms with Crippen LogP contribution in [0.25, 0.3) is 0 Å². The third kappa shape index (κ3) is 7.15. The molecule has 2 unspecified atom stereocenters. The Hall–Kier alpha value is -0.0700. The van der Waals surface area contributed by atoms with E-state index in [-0.39, 0.29) is 36.8 Å². The van der Waals surface area contributed by atoms with Crippen molar-refractivity contribution in [3.8, 4) is 0 Å². The Bertz CT molecular complexity index is 292. The molecule has 2 saturated heterocycles. The van der Waals surface area contributed by atoms with Crippen LogP contribution in [0.1, 0.15) is 26.2 Å². The van der Waals surface area contributed by atoms with E-state index in [0.29, 0.717) is 12.3 Å². The summed E-state index contributed by atoms with van der Waals surface area (Å²) in [6, 6.07) is 0.118. The van der Waals surface area contributed by atoms with Gasteiger partial charge in [-0.05, 0) is 25.7 Å². The fraction of sp³-hybridized carbons (Fsp3) is 0.929. The highest BCUT2D eigenvalue weighted by Crippen LogP contribution is 2.15. The van der Waals surface area contributed by atoms with Crippen molar-refractivity contribution < 1.29 is 9.53 Å². The summed E-state index contributed by atoms with van der Waals surface area (Å²) in [7, 11) is 0. The first-order chi connectivity index (χ1) is 9.15. The first kappa shape index (κ1) is 20.9. The zero-order valence-electron chi connectivity index (χ0n) is 12.8. The maximum absolute atomic E-state index is 12.0. The lowest BCUT2D eigenvalue weighted by atomic mass is 10.1. The molecule has 0 aromatic carbocycles. The summed E-state index contributed by atoms with van der Waals surface area (Å²) in [4.78, 5) is 16.4. The molecule has 0 aliphatic carbocycles. The van der Waals surface area contributed by atoms with Gasteiger partial charge in [-0.3, -0.25) is 9.69 Å². The van der Waals surface area contributed by atoms with Crippen molar-refractivity contribution >= 4 is 30.7 Å². The van der Waals surface area contributed by atoms with Crippen molar-refractivity contribution in [1.29, 1.82) is 0 Å². The predicted molar refractivity (Wildman–Crippen MR) is 89.3 cm³/mol. The molecule has 2 aliphatic heterocycles. The largest absolute Gasteiger partial charge is 0.381 e. The summed E-state index contributed by atoms with van der Waals surface area (Å²) in [5.41, 5.74) is 5.69. The third-order valence-corrected chi connectivity index (χ3v) is 4.08. The van der Waals surface area contributed by atoms with Crippen molar-refractivity contribution in [2.24, 2.45) is 11.7 Å². The number of rotatable bonds is 5. The molecule has 2 atom stereocenters. The highest BCUT2D eigenvalue weighted by Gasteiger charge is 2.24. The zero-order valence-corrected chi connectivity index (χ0v) is 14.5. The fourth-order valence-corrected chi connectivity index (χ4v) is 2.78. The number of hydrogen-bond acceptors (Lipinski definition) is 4. The number of amides is 1. The molecule has 1 amide bonds. The maximum Gasteiger partial charge on any atom is 0.222 e. The van der Waals surface area contributed by atoms with Gasteiger partial charge in [0.15, 0.2) is 0 Å². The average molecular weight is 342 g/mol. The molecular formula is C14H29Cl2N3O2. The van der Waals surface area contributed by atoms with Crippen molar-refractivity contribution in [2.45, 2.75) is 32.2 Å². The summed E-state index contributed by atoms with van der Waals surface area (Å²) < 4.78 is 5.41. The Morgan fingerprint density at radius 2 is 1.95 bits per heavy atom. The maximum atomic E-state index is 12.0. The molecule has 0 aromatic heterocycles. The summed E-state index contributed by atoms with van der Waals surface area (Å²) in [6.07, 6.45) is 2.57. The first-order valence-corrected chi connectivity index (χ1v) is 7.48. The lowest BCUT2D eigenvalue weighted by molar-refractivity contribution is -0.133. The van der Waals surface area contributed by atoms with Gasteiger partial charge < -0.3 is 15.4 Å². The smallest absolute Gasteiger partial charge is 0.222 e. The Morgan fingerprint density at radius 1 is 1.29 bits per heavy atom. The number of halogens is 2. The summed E-state index contributed by atoms with van der Waals surface area (Å²) in [5, 5.41) is 0. The van der Waals surface area contributed by atoms with E-state index in [4.69, 9.17) is 10.5 Å². The van der Waals surface area contributed by atoms with E-state index in [2.05, 4.69) is 4.90 Å². The standard InChI is InChI=1S/C14H27N3O2.2ClH/c1-12(15)2-3-14(18)17-7-5-16(6-8-17)10-13-4-9-19-11-13;;/h12-13H,2-11,15H2,1H3;2*1H. The number of hydrogen-bond donors (Lipinski definition) is 1. The van der Waals surface area contributed by atoms with E-state index in [0.717, 1.165) is 52.4 Å². The molecule has 0 radical (unpaired) electrons. The van der Waals surface area contributed by atoms with Crippen LogP contribution >= 0.6 is 24.8 Å². The molecule has 2 rings (SSSR count). The number of piperazine rings is 1. The Labute approximate surface area is 140 Å². The summed E-state index contributed by atoms with van der Waals surface area (Å²) in [6.45, 7) is 8.64. The molecule has 21 heavy (non-hydrogen) atoms. The van der Waals surface area contributed by atoms with Crippen LogP contribution in [0.5, 0.6) is 0 Å². The molecule has 2 aliphatic rings. The molecule has 2 heterocycles. The van der Waals surface area contributed by atoms with E-state index < -0.39 is 0 Å². The lowest BCUT2D eigenvalue weighted by Gasteiger charge is -2.35. The van der Waals surface area contributed by atoms with Crippen molar-refractivity contribution in [2.75, 3.05) is 45.9 Å². The summed E-state index contributed by atoms with van der Waals surface area (Å²) in [5.74, 6) is 0.960. The second-order valence-electron chi connectivity index (χ2n) is 5.93. The fourth-order valence-electron chi connectivity index (χ4n) is 2.78. The quantitative estimate of drug-likeness (QED) is 0.814. The van der Waals surface area contributed by atoms with Crippen LogP contribution in [-0.4, -0.2) is 67.7 Å². The van der Waals surface area contributed by atoms with Crippen LogP contribution in [0.3, 0.4) is 0 Å². The average Bonchev–Trinajstić information content (AvgIpc) is 2.89. The van der Waals surface area contributed by atoms with Crippen LogP contribution in [0, 0.1) is 5.92 Å². The zero-order chi connectivity index (χ0) is 13.7. The molecule has 0 aromatic rings. The van der Waals surface area contributed by atoms with Crippen LogP contribution < -0.4 is 5.73 Å². The molecule has 7 heteroatoms. The van der Waals surface area contributed by atoms with E-state index in [1.165, 1.54) is 6.42 Å². The van der Waals surface area contributed by atoms with Gasteiger partial charge in [-0.15, -0.1) is 24.8 Å². The second kappa shape index (κ2) is 10.6. The molecule has 2 fully saturated rings. The summed E-state index contributed by atoms with van der Waals surface area (Å²) >= 11 is 0. The van der Waals surface area contributed by atoms with Gasteiger partial charge >= 0.3 is 0 Å². The highest BCUT2D eigenvalue weighted by molar-refractivity contribution is 5.85. The van der Waals surface area contributed by atoms with Crippen molar-refractivity contribution in [3.63, 3.8) is 0 Å². The van der Waals surface area contributed by atoms with Gasteiger partial charge in [0, 0.05) is 51.8 Å². The molecule has 0 saturated carbocycles. The minimum atomic E-state index is 0. The normalized spacial score (nSPS) is 24.1. The van der Waals surface area contributed by atoms with Gasteiger partial charge in [-0.1, -0.05) is 0 Å². The van der Waals surface area contributed by atoms with Crippen LogP contribution in [0.4, 0.5) is 0 Å². The minimum Gasteiger partial charge on any atom is -0.381 e. The number of carbonyl (C=O) groups is 1. The van der Waals surface area contributed by atoms with Gasteiger partial charge in [0.25, 0.3) is 0 Å². The van der Waals surface area contributed by atoms with E-state index >= 15 is 0 Å².